The molecule has 6 heteroatoms. The number of carbonyl (C=O) groups excluding carboxylic acids is 1. The molecule has 0 fully saturated rings. The molecule has 0 unspecified atom stereocenters. The maximum Gasteiger partial charge on any atom is 0.337 e. The lowest BCUT2D eigenvalue weighted by Gasteiger charge is -2.15. The minimum atomic E-state index is -0.371. The van der Waals surface area contributed by atoms with Crippen molar-refractivity contribution in [3.8, 4) is 0 Å². The van der Waals surface area contributed by atoms with E-state index in [0.29, 0.717) is 17.1 Å². The molecule has 5 nitrogen and oxygen atoms in total. The molecular weight excluding hydrogens is 266 g/mol. The highest BCUT2D eigenvalue weighted by Crippen LogP contribution is 2.06. The van der Waals surface area contributed by atoms with Crippen LogP contribution in [0.5, 0.6) is 0 Å². The molecule has 1 N–H and O–H groups in total. The van der Waals surface area contributed by atoms with Gasteiger partial charge in [-0.25, -0.2) is 4.79 Å². The van der Waals surface area contributed by atoms with Gasteiger partial charge in [-0.1, -0.05) is 24.4 Å². The van der Waals surface area contributed by atoms with E-state index in [2.05, 4.69) is 10.1 Å². The van der Waals surface area contributed by atoms with Gasteiger partial charge in [-0.15, -0.1) is 0 Å². The lowest BCUT2D eigenvalue weighted by molar-refractivity contribution is -0.0964. The van der Waals surface area contributed by atoms with Crippen molar-refractivity contribution in [2.75, 3.05) is 27.9 Å². The molecule has 19 heavy (non-hydrogen) atoms. The summed E-state index contributed by atoms with van der Waals surface area (Å²) in [6.07, 6.45) is -0.354. The zero-order valence-electron chi connectivity index (χ0n) is 11.1. The summed E-state index contributed by atoms with van der Waals surface area (Å²) in [5.74, 6) is -0.371. The SMILES string of the molecule is COC(=O)c1ccc(C(=S)NCC(OC)OC)cc1. The van der Waals surface area contributed by atoms with Gasteiger partial charge in [0.1, 0.15) is 4.99 Å². The predicted molar refractivity (Wildman–Crippen MR) is 75.3 cm³/mol. The second-order valence-corrected chi connectivity index (χ2v) is 4.09. The molecule has 0 radical (unpaired) electrons. The highest BCUT2D eigenvalue weighted by molar-refractivity contribution is 7.80. The van der Waals surface area contributed by atoms with Crippen LogP contribution in [-0.2, 0) is 14.2 Å². The zero-order valence-corrected chi connectivity index (χ0v) is 12.0. The van der Waals surface area contributed by atoms with Crippen LogP contribution in [0, 0.1) is 0 Å². The van der Waals surface area contributed by atoms with Gasteiger partial charge in [-0.2, -0.15) is 0 Å². The Hall–Kier alpha value is -1.50. The second-order valence-electron chi connectivity index (χ2n) is 3.68. The van der Waals surface area contributed by atoms with E-state index in [1.807, 2.05) is 0 Å². The third-order valence-electron chi connectivity index (χ3n) is 2.52. The average Bonchev–Trinajstić information content (AvgIpc) is 2.47. The smallest absolute Gasteiger partial charge is 0.337 e. The van der Waals surface area contributed by atoms with Gasteiger partial charge in [-0.3, -0.25) is 0 Å². The van der Waals surface area contributed by atoms with E-state index in [1.54, 1.807) is 38.5 Å². The highest BCUT2D eigenvalue weighted by Gasteiger charge is 2.09. The molecule has 1 aromatic carbocycles. The number of nitrogens with one attached hydrogen (secondary N) is 1. The Morgan fingerprint density at radius 2 is 1.68 bits per heavy atom. The molecule has 1 aromatic rings. The van der Waals surface area contributed by atoms with E-state index in [9.17, 15) is 4.79 Å². The quantitative estimate of drug-likeness (QED) is 0.483. The molecule has 0 spiro atoms. The van der Waals surface area contributed by atoms with Crippen molar-refractivity contribution in [2.24, 2.45) is 0 Å². The Labute approximate surface area is 117 Å². The van der Waals surface area contributed by atoms with E-state index in [1.165, 1.54) is 7.11 Å². The Kier molecular flexibility index (Phi) is 6.41. The molecule has 0 aliphatic carbocycles. The number of thiocarbonyl (C=S) groups is 1. The maximum atomic E-state index is 11.3. The zero-order chi connectivity index (χ0) is 14.3. The number of benzene rings is 1. The number of rotatable bonds is 6. The van der Waals surface area contributed by atoms with E-state index >= 15 is 0 Å². The minimum Gasteiger partial charge on any atom is -0.465 e. The van der Waals surface area contributed by atoms with Gasteiger partial charge in [0, 0.05) is 19.8 Å². The fraction of sp³-hybridized carbons (Fsp3) is 0.385. The summed E-state index contributed by atoms with van der Waals surface area (Å²) in [5, 5.41) is 3.03. The van der Waals surface area contributed by atoms with E-state index in [0.717, 1.165) is 5.56 Å². The Balaban J connectivity index is 2.60. The first-order valence-corrected chi connectivity index (χ1v) is 6.05. The predicted octanol–water partition coefficient (Wildman–Crippen LogP) is 1.36. The number of carbonyl (C=O) groups is 1. The summed E-state index contributed by atoms with van der Waals surface area (Å²) < 4.78 is 14.7. The third-order valence-corrected chi connectivity index (χ3v) is 2.90. The van der Waals surface area contributed by atoms with Gasteiger partial charge < -0.3 is 19.5 Å². The second kappa shape index (κ2) is 7.83. The van der Waals surface area contributed by atoms with Crippen LogP contribution < -0.4 is 5.32 Å². The normalized spacial score (nSPS) is 10.3. The van der Waals surface area contributed by atoms with Crippen molar-refractivity contribution in [3.63, 3.8) is 0 Å². The van der Waals surface area contributed by atoms with Crippen LogP contribution in [0.25, 0.3) is 0 Å². The summed E-state index contributed by atoms with van der Waals surface area (Å²) in [4.78, 5) is 11.8. The van der Waals surface area contributed by atoms with Crippen molar-refractivity contribution < 1.29 is 19.0 Å². The molecule has 104 valence electrons. The molecule has 0 amide bonds. The fourth-order valence-corrected chi connectivity index (χ4v) is 1.64. The van der Waals surface area contributed by atoms with Crippen molar-refractivity contribution in [1.29, 1.82) is 0 Å². The van der Waals surface area contributed by atoms with Crippen LogP contribution in [0.3, 0.4) is 0 Å². The lowest BCUT2D eigenvalue weighted by Crippen LogP contribution is -2.33. The Bertz CT molecular complexity index is 429. The van der Waals surface area contributed by atoms with Gasteiger partial charge in [0.05, 0.1) is 19.2 Å². The summed E-state index contributed by atoms with van der Waals surface area (Å²) in [7, 11) is 4.46. The Morgan fingerprint density at radius 3 is 2.16 bits per heavy atom. The summed E-state index contributed by atoms with van der Waals surface area (Å²) in [6, 6.07) is 6.85. The first-order chi connectivity index (χ1) is 9.12. The summed E-state index contributed by atoms with van der Waals surface area (Å²) >= 11 is 5.23. The average molecular weight is 283 g/mol. The third kappa shape index (κ3) is 4.59. The molecular formula is C13H17NO4S. The van der Waals surface area contributed by atoms with Crippen molar-refractivity contribution in [2.45, 2.75) is 6.29 Å². The number of esters is 1. The van der Waals surface area contributed by atoms with Crippen molar-refractivity contribution in [1.82, 2.24) is 5.32 Å². The van der Waals surface area contributed by atoms with Gasteiger partial charge in [0.15, 0.2) is 6.29 Å². The van der Waals surface area contributed by atoms with Crippen molar-refractivity contribution >= 4 is 23.2 Å². The van der Waals surface area contributed by atoms with Crippen LogP contribution in [0.1, 0.15) is 15.9 Å². The van der Waals surface area contributed by atoms with E-state index in [4.69, 9.17) is 21.7 Å². The lowest BCUT2D eigenvalue weighted by atomic mass is 10.1. The van der Waals surface area contributed by atoms with E-state index < -0.39 is 0 Å². The van der Waals surface area contributed by atoms with Gasteiger partial charge in [-0.05, 0) is 12.1 Å². The van der Waals surface area contributed by atoms with Crippen LogP contribution in [0.4, 0.5) is 0 Å². The van der Waals surface area contributed by atoms with E-state index in [-0.39, 0.29) is 12.3 Å². The Morgan fingerprint density at radius 1 is 1.16 bits per heavy atom. The standard InChI is InChI=1S/C13H17NO4S/c1-16-11(17-2)8-14-12(19)9-4-6-10(7-5-9)13(15)18-3/h4-7,11H,8H2,1-3H3,(H,14,19). The number of ether oxygens (including phenoxy) is 3. The molecule has 0 bridgehead atoms. The highest BCUT2D eigenvalue weighted by atomic mass is 32.1. The monoisotopic (exact) mass is 283 g/mol. The molecule has 0 saturated heterocycles. The molecule has 0 saturated carbocycles. The fourth-order valence-electron chi connectivity index (χ4n) is 1.42. The molecule has 1 rings (SSSR count). The number of hydrogen-bond donors (Lipinski definition) is 1. The van der Waals surface area contributed by atoms with Gasteiger partial charge in [0.25, 0.3) is 0 Å². The first kappa shape index (κ1) is 15.6. The van der Waals surface area contributed by atoms with Gasteiger partial charge >= 0.3 is 5.97 Å². The van der Waals surface area contributed by atoms with Gasteiger partial charge in [0.2, 0.25) is 0 Å². The van der Waals surface area contributed by atoms with Crippen LogP contribution >= 0.6 is 12.2 Å². The van der Waals surface area contributed by atoms with Crippen LogP contribution in [0.2, 0.25) is 0 Å². The summed E-state index contributed by atoms with van der Waals surface area (Å²) in [6.45, 7) is 0.449. The molecule has 0 aliphatic rings. The largest absolute Gasteiger partial charge is 0.465 e. The van der Waals surface area contributed by atoms with Crippen molar-refractivity contribution in [3.05, 3.63) is 35.4 Å². The van der Waals surface area contributed by atoms with Crippen LogP contribution in [-0.4, -0.2) is 45.1 Å². The topological polar surface area (TPSA) is 56.8 Å². The number of methoxy groups -OCH3 is 3. The number of hydrogen-bond acceptors (Lipinski definition) is 5. The minimum absolute atomic E-state index is 0.354. The summed E-state index contributed by atoms with van der Waals surface area (Å²) in [5.41, 5.74) is 1.30. The molecule has 0 atom stereocenters. The molecule has 0 heterocycles. The maximum absolute atomic E-state index is 11.3. The molecule has 0 aliphatic heterocycles. The van der Waals surface area contributed by atoms with Crippen LogP contribution in [0.15, 0.2) is 24.3 Å². The first-order valence-electron chi connectivity index (χ1n) is 5.64. The molecule has 0 aromatic heterocycles.